The predicted molar refractivity (Wildman–Crippen MR) is 127 cm³/mol. The molecular weight excluding hydrogens is 402 g/mol. The van der Waals surface area contributed by atoms with E-state index >= 15 is 0 Å². The molecule has 0 bridgehead atoms. The van der Waals surface area contributed by atoms with Crippen molar-refractivity contribution in [1.29, 1.82) is 0 Å². The number of hydrogen-bond donors (Lipinski definition) is 2. The van der Waals surface area contributed by atoms with E-state index in [0.29, 0.717) is 12.4 Å². The molecular formula is C25H31N5O2. The second-order valence-electron chi connectivity index (χ2n) is 7.82. The van der Waals surface area contributed by atoms with Gasteiger partial charge in [0.05, 0.1) is 25.4 Å². The summed E-state index contributed by atoms with van der Waals surface area (Å²) in [4.78, 5) is 11.5. The van der Waals surface area contributed by atoms with Crippen molar-refractivity contribution in [3.63, 3.8) is 0 Å². The van der Waals surface area contributed by atoms with Crippen LogP contribution in [0, 0.1) is 0 Å². The van der Waals surface area contributed by atoms with Crippen LogP contribution in [0.1, 0.15) is 30.1 Å². The lowest BCUT2D eigenvalue weighted by atomic mass is 10.0. The predicted octanol–water partition coefficient (Wildman–Crippen LogP) is 3.85. The number of hydrogen-bond acceptors (Lipinski definition) is 5. The number of likely N-dealkylation sites (tertiary alicyclic amines) is 1. The minimum absolute atomic E-state index is 0.212. The second kappa shape index (κ2) is 10.8. The van der Waals surface area contributed by atoms with Gasteiger partial charge in [-0.25, -0.2) is 4.98 Å². The van der Waals surface area contributed by atoms with Crippen LogP contribution in [0.4, 0.5) is 0 Å². The molecule has 1 aliphatic rings. The Labute approximate surface area is 189 Å². The highest BCUT2D eigenvalue weighted by atomic mass is 16.5. The first-order chi connectivity index (χ1) is 15.8. The van der Waals surface area contributed by atoms with Crippen LogP contribution in [0.5, 0.6) is 5.75 Å². The molecule has 0 radical (unpaired) electrons. The van der Waals surface area contributed by atoms with Gasteiger partial charge in [0.2, 0.25) is 5.89 Å². The van der Waals surface area contributed by atoms with Gasteiger partial charge in [0.15, 0.2) is 5.96 Å². The summed E-state index contributed by atoms with van der Waals surface area (Å²) >= 11 is 0. The lowest BCUT2D eigenvalue weighted by Gasteiger charge is -2.30. The third-order valence-electron chi connectivity index (χ3n) is 5.78. The SMILES string of the molecule is CN=C(NCc1coc(-c2ccccc2)n1)NCC(c1ccccc1OC)N1CCCC1. The Balaban J connectivity index is 1.38. The van der Waals surface area contributed by atoms with Crippen molar-refractivity contribution in [2.45, 2.75) is 25.4 Å². The van der Waals surface area contributed by atoms with Crippen LogP contribution >= 0.6 is 0 Å². The number of para-hydroxylation sites is 1. The fourth-order valence-corrected chi connectivity index (χ4v) is 4.12. The van der Waals surface area contributed by atoms with Crippen LogP contribution in [0.3, 0.4) is 0 Å². The first-order valence-corrected chi connectivity index (χ1v) is 11.1. The van der Waals surface area contributed by atoms with E-state index in [0.717, 1.165) is 42.6 Å². The highest BCUT2D eigenvalue weighted by molar-refractivity contribution is 5.79. The zero-order chi connectivity index (χ0) is 22.2. The molecule has 1 fully saturated rings. The van der Waals surface area contributed by atoms with Gasteiger partial charge in [-0.15, -0.1) is 0 Å². The maximum atomic E-state index is 5.64. The summed E-state index contributed by atoms with van der Waals surface area (Å²) in [5.41, 5.74) is 2.99. The molecule has 1 aliphatic heterocycles. The summed E-state index contributed by atoms with van der Waals surface area (Å²) in [5.74, 6) is 2.27. The summed E-state index contributed by atoms with van der Waals surface area (Å²) in [6.45, 7) is 3.45. The topological polar surface area (TPSA) is 74.9 Å². The lowest BCUT2D eigenvalue weighted by Crippen LogP contribution is -2.42. The average Bonchev–Trinajstić information content (AvgIpc) is 3.55. The van der Waals surface area contributed by atoms with Gasteiger partial charge in [-0.2, -0.15) is 0 Å². The van der Waals surface area contributed by atoms with Crippen LogP contribution in [0.25, 0.3) is 11.5 Å². The van der Waals surface area contributed by atoms with Crippen molar-refractivity contribution < 1.29 is 9.15 Å². The molecule has 1 unspecified atom stereocenters. The molecule has 3 aromatic rings. The van der Waals surface area contributed by atoms with Gasteiger partial charge in [0.25, 0.3) is 0 Å². The van der Waals surface area contributed by atoms with Crippen molar-refractivity contribution in [2.24, 2.45) is 4.99 Å². The third-order valence-corrected chi connectivity index (χ3v) is 5.78. The molecule has 4 rings (SSSR count). The Morgan fingerprint density at radius 2 is 1.84 bits per heavy atom. The molecule has 0 aliphatic carbocycles. The van der Waals surface area contributed by atoms with Crippen molar-refractivity contribution in [3.8, 4) is 17.2 Å². The fraction of sp³-hybridized carbons (Fsp3) is 0.360. The van der Waals surface area contributed by atoms with Gasteiger partial charge in [0.1, 0.15) is 12.0 Å². The number of aromatic nitrogens is 1. The van der Waals surface area contributed by atoms with Crippen LogP contribution in [0.15, 0.2) is 70.3 Å². The Morgan fingerprint density at radius 3 is 2.59 bits per heavy atom. The largest absolute Gasteiger partial charge is 0.496 e. The van der Waals surface area contributed by atoms with Gasteiger partial charge in [-0.05, 0) is 44.1 Å². The molecule has 1 atom stereocenters. The molecule has 7 nitrogen and oxygen atoms in total. The molecule has 168 valence electrons. The summed E-state index contributed by atoms with van der Waals surface area (Å²) in [6.07, 6.45) is 4.15. The number of benzene rings is 2. The number of guanidine groups is 1. The summed E-state index contributed by atoms with van der Waals surface area (Å²) in [5, 5.41) is 6.83. The summed E-state index contributed by atoms with van der Waals surface area (Å²) in [7, 11) is 3.51. The van der Waals surface area contributed by atoms with Crippen LogP contribution < -0.4 is 15.4 Å². The number of ether oxygens (including phenoxy) is 1. The standard InChI is InChI=1S/C25H31N5O2/c1-26-25(27-16-20-18-32-24(29-20)19-10-4-3-5-11-19)28-17-22(30-14-8-9-15-30)21-12-6-7-13-23(21)31-2/h3-7,10-13,18,22H,8-9,14-17H2,1-2H3,(H2,26,27,28). The van der Waals surface area contributed by atoms with Gasteiger partial charge in [0, 0.05) is 24.7 Å². The molecule has 7 heteroatoms. The molecule has 2 N–H and O–H groups in total. The molecule has 32 heavy (non-hydrogen) atoms. The molecule has 0 saturated carbocycles. The maximum absolute atomic E-state index is 5.64. The highest BCUT2D eigenvalue weighted by Gasteiger charge is 2.26. The van der Waals surface area contributed by atoms with Gasteiger partial charge < -0.3 is 19.8 Å². The minimum Gasteiger partial charge on any atom is -0.496 e. The minimum atomic E-state index is 0.212. The molecule has 2 heterocycles. The molecule has 1 aromatic heterocycles. The van der Waals surface area contributed by atoms with E-state index in [-0.39, 0.29) is 6.04 Å². The zero-order valence-corrected chi connectivity index (χ0v) is 18.8. The van der Waals surface area contributed by atoms with E-state index in [1.807, 2.05) is 42.5 Å². The van der Waals surface area contributed by atoms with Crippen molar-refractivity contribution in [1.82, 2.24) is 20.5 Å². The van der Waals surface area contributed by atoms with Crippen LogP contribution in [-0.4, -0.2) is 49.6 Å². The number of rotatable bonds is 8. The van der Waals surface area contributed by atoms with Gasteiger partial charge in [-0.3, -0.25) is 9.89 Å². The molecule has 2 aromatic carbocycles. The number of oxazole rings is 1. The van der Waals surface area contributed by atoms with Gasteiger partial charge in [-0.1, -0.05) is 36.4 Å². The van der Waals surface area contributed by atoms with E-state index in [1.54, 1.807) is 20.4 Å². The Hall–Kier alpha value is -3.32. The molecule has 0 spiro atoms. The monoisotopic (exact) mass is 433 g/mol. The highest BCUT2D eigenvalue weighted by Crippen LogP contribution is 2.31. The Bertz CT molecular complexity index is 1010. The van der Waals surface area contributed by atoms with Gasteiger partial charge >= 0.3 is 0 Å². The van der Waals surface area contributed by atoms with Crippen LogP contribution in [-0.2, 0) is 6.54 Å². The molecule has 1 saturated heterocycles. The van der Waals surface area contributed by atoms with E-state index in [9.17, 15) is 0 Å². The van der Waals surface area contributed by atoms with Crippen molar-refractivity contribution >= 4 is 5.96 Å². The normalized spacial score (nSPS) is 15.5. The Kier molecular flexibility index (Phi) is 7.40. The number of nitrogens with one attached hydrogen (secondary N) is 2. The van der Waals surface area contributed by atoms with Crippen molar-refractivity contribution in [3.05, 3.63) is 72.1 Å². The first-order valence-electron chi connectivity index (χ1n) is 11.1. The summed E-state index contributed by atoms with van der Waals surface area (Å²) in [6, 6.07) is 18.4. The Morgan fingerprint density at radius 1 is 1.09 bits per heavy atom. The zero-order valence-electron chi connectivity index (χ0n) is 18.8. The summed E-state index contributed by atoms with van der Waals surface area (Å²) < 4.78 is 11.3. The lowest BCUT2D eigenvalue weighted by molar-refractivity contribution is 0.239. The van der Waals surface area contributed by atoms with Crippen molar-refractivity contribution in [2.75, 3.05) is 33.8 Å². The van der Waals surface area contributed by atoms with E-state index in [2.05, 4.69) is 37.6 Å². The number of aliphatic imine (C=N–C) groups is 1. The quantitative estimate of drug-likeness (QED) is 0.415. The van der Waals surface area contributed by atoms with E-state index in [4.69, 9.17) is 9.15 Å². The third kappa shape index (κ3) is 5.29. The van der Waals surface area contributed by atoms with E-state index < -0.39 is 0 Å². The second-order valence-corrected chi connectivity index (χ2v) is 7.82. The average molecular weight is 434 g/mol. The number of methoxy groups -OCH3 is 1. The van der Waals surface area contributed by atoms with E-state index in [1.165, 1.54) is 18.4 Å². The van der Waals surface area contributed by atoms with Crippen LogP contribution in [0.2, 0.25) is 0 Å². The molecule has 0 amide bonds. The number of nitrogens with zero attached hydrogens (tertiary/aromatic N) is 3. The maximum Gasteiger partial charge on any atom is 0.226 e. The fourth-order valence-electron chi connectivity index (χ4n) is 4.12. The smallest absolute Gasteiger partial charge is 0.226 e. The first kappa shape index (κ1) is 21.9.